The number of thiophene rings is 1. The molecular weight excluding hydrogens is 358 g/mol. The topological polar surface area (TPSA) is 56.1 Å². The zero-order chi connectivity index (χ0) is 17.6. The standard InChI is InChI=1S/C18H18ClN3O2S/c1-13-4-2-3-5-16(13)24-11-14-8-17(25-12-14)18(23)20-6-7-22-10-15(19)9-21-22/h2-5,8-10,12H,6-7,11H2,1H3,(H,20,23). The van der Waals surface area contributed by atoms with Crippen molar-refractivity contribution in [1.29, 1.82) is 0 Å². The second-order valence-electron chi connectivity index (χ2n) is 5.55. The van der Waals surface area contributed by atoms with Crippen LogP contribution in [0.25, 0.3) is 0 Å². The van der Waals surface area contributed by atoms with Crippen LogP contribution >= 0.6 is 22.9 Å². The van der Waals surface area contributed by atoms with Crippen LogP contribution in [0, 0.1) is 6.92 Å². The number of hydrogen-bond acceptors (Lipinski definition) is 4. The van der Waals surface area contributed by atoms with Crippen molar-refractivity contribution in [2.24, 2.45) is 0 Å². The van der Waals surface area contributed by atoms with Crippen molar-refractivity contribution in [3.8, 4) is 5.75 Å². The van der Waals surface area contributed by atoms with E-state index in [4.69, 9.17) is 16.3 Å². The Hall–Kier alpha value is -2.31. The number of carbonyl (C=O) groups is 1. The van der Waals surface area contributed by atoms with Gasteiger partial charge in [-0.1, -0.05) is 29.8 Å². The van der Waals surface area contributed by atoms with Gasteiger partial charge in [-0.15, -0.1) is 11.3 Å². The van der Waals surface area contributed by atoms with Gasteiger partial charge in [-0.3, -0.25) is 9.48 Å². The van der Waals surface area contributed by atoms with Gasteiger partial charge in [0.15, 0.2) is 0 Å². The highest BCUT2D eigenvalue weighted by molar-refractivity contribution is 7.12. The molecule has 0 radical (unpaired) electrons. The van der Waals surface area contributed by atoms with Crippen LogP contribution in [0.4, 0.5) is 0 Å². The van der Waals surface area contributed by atoms with Crippen LogP contribution in [0.2, 0.25) is 5.02 Å². The van der Waals surface area contributed by atoms with Crippen LogP contribution in [0.3, 0.4) is 0 Å². The second-order valence-corrected chi connectivity index (χ2v) is 6.90. The maximum atomic E-state index is 12.2. The number of ether oxygens (including phenoxy) is 1. The molecule has 0 saturated carbocycles. The molecule has 130 valence electrons. The molecule has 0 atom stereocenters. The molecule has 1 aromatic carbocycles. The lowest BCUT2D eigenvalue weighted by molar-refractivity contribution is 0.0956. The first kappa shape index (κ1) is 17.5. The largest absolute Gasteiger partial charge is 0.489 e. The molecule has 0 aliphatic carbocycles. The van der Waals surface area contributed by atoms with Gasteiger partial charge in [0.05, 0.1) is 22.6 Å². The number of nitrogens with one attached hydrogen (secondary N) is 1. The van der Waals surface area contributed by atoms with E-state index in [1.807, 2.05) is 42.6 Å². The molecule has 5 nitrogen and oxygen atoms in total. The summed E-state index contributed by atoms with van der Waals surface area (Å²) in [6.45, 7) is 3.52. The van der Waals surface area contributed by atoms with Crippen LogP contribution in [0.5, 0.6) is 5.75 Å². The SMILES string of the molecule is Cc1ccccc1OCc1csc(C(=O)NCCn2cc(Cl)cn2)c1. The van der Waals surface area contributed by atoms with Crippen molar-refractivity contribution in [1.82, 2.24) is 15.1 Å². The summed E-state index contributed by atoms with van der Waals surface area (Å²) in [7, 11) is 0. The van der Waals surface area contributed by atoms with Gasteiger partial charge in [0, 0.05) is 18.3 Å². The highest BCUT2D eigenvalue weighted by Gasteiger charge is 2.09. The monoisotopic (exact) mass is 375 g/mol. The molecule has 2 heterocycles. The highest BCUT2D eigenvalue weighted by atomic mass is 35.5. The van der Waals surface area contributed by atoms with E-state index in [2.05, 4.69) is 10.4 Å². The minimum Gasteiger partial charge on any atom is -0.489 e. The molecule has 0 aliphatic heterocycles. The van der Waals surface area contributed by atoms with E-state index in [-0.39, 0.29) is 5.91 Å². The maximum absolute atomic E-state index is 12.2. The van der Waals surface area contributed by atoms with Gasteiger partial charge in [-0.25, -0.2) is 0 Å². The van der Waals surface area contributed by atoms with E-state index < -0.39 is 0 Å². The third kappa shape index (κ3) is 4.84. The number of para-hydroxylation sites is 1. The molecule has 0 bridgehead atoms. The fourth-order valence-corrected chi connectivity index (χ4v) is 3.25. The van der Waals surface area contributed by atoms with E-state index in [0.29, 0.717) is 29.6 Å². The van der Waals surface area contributed by atoms with E-state index >= 15 is 0 Å². The molecule has 0 aliphatic rings. The zero-order valence-corrected chi connectivity index (χ0v) is 15.3. The molecule has 3 rings (SSSR count). The minimum atomic E-state index is -0.0922. The van der Waals surface area contributed by atoms with E-state index in [9.17, 15) is 4.79 Å². The van der Waals surface area contributed by atoms with Gasteiger partial charge in [-0.2, -0.15) is 5.10 Å². The average molecular weight is 376 g/mol. The number of hydrogen-bond donors (Lipinski definition) is 1. The Balaban J connectivity index is 1.48. The zero-order valence-electron chi connectivity index (χ0n) is 13.7. The molecular formula is C18H18ClN3O2S. The lowest BCUT2D eigenvalue weighted by atomic mass is 10.2. The molecule has 1 N–H and O–H groups in total. The molecule has 0 fully saturated rings. The first-order valence-corrected chi connectivity index (χ1v) is 9.09. The summed E-state index contributed by atoms with van der Waals surface area (Å²) in [5.41, 5.74) is 2.08. The summed E-state index contributed by atoms with van der Waals surface area (Å²) in [5.74, 6) is 0.767. The fourth-order valence-electron chi connectivity index (χ4n) is 2.28. The summed E-state index contributed by atoms with van der Waals surface area (Å²) in [4.78, 5) is 12.9. The summed E-state index contributed by atoms with van der Waals surface area (Å²) < 4.78 is 7.50. The summed E-state index contributed by atoms with van der Waals surface area (Å²) in [6.07, 6.45) is 3.29. The predicted octanol–water partition coefficient (Wildman–Crippen LogP) is 3.92. The Labute approximate surface area is 155 Å². The average Bonchev–Trinajstić information content (AvgIpc) is 3.23. The van der Waals surface area contributed by atoms with Crippen molar-refractivity contribution < 1.29 is 9.53 Å². The smallest absolute Gasteiger partial charge is 0.261 e. The van der Waals surface area contributed by atoms with Crippen LogP contribution in [0.1, 0.15) is 20.8 Å². The van der Waals surface area contributed by atoms with E-state index in [0.717, 1.165) is 16.9 Å². The van der Waals surface area contributed by atoms with Gasteiger partial charge in [0.1, 0.15) is 12.4 Å². The predicted molar refractivity (Wildman–Crippen MR) is 99.4 cm³/mol. The molecule has 3 aromatic rings. The number of benzene rings is 1. The third-order valence-corrected chi connectivity index (χ3v) is 4.77. The van der Waals surface area contributed by atoms with Gasteiger partial charge in [0.2, 0.25) is 0 Å². The molecule has 1 amide bonds. The van der Waals surface area contributed by atoms with Gasteiger partial charge in [0.25, 0.3) is 5.91 Å². The van der Waals surface area contributed by atoms with Gasteiger partial charge >= 0.3 is 0 Å². The summed E-state index contributed by atoms with van der Waals surface area (Å²) in [6, 6.07) is 9.74. The Morgan fingerprint density at radius 3 is 3.00 bits per heavy atom. The Morgan fingerprint density at radius 2 is 2.24 bits per heavy atom. The summed E-state index contributed by atoms with van der Waals surface area (Å²) in [5, 5.41) is 9.48. The van der Waals surface area contributed by atoms with Crippen molar-refractivity contribution in [3.05, 3.63) is 69.1 Å². The normalized spacial score (nSPS) is 10.6. The van der Waals surface area contributed by atoms with Gasteiger partial charge < -0.3 is 10.1 Å². The third-order valence-electron chi connectivity index (χ3n) is 3.59. The number of rotatable bonds is 7. The molecule has 2 aromatic heterocycles. The quantitative estimate of drug-likeness (QED) is 0.681. The van der Waals surface area contributed by atoms with Crippen LogP contribution in [-0.2, 0) is 13.2 Å². The molecule has 7 heteroatoms. The molecule has 0 spiro atoms. The number of amides is 1. The van der Waals surface area contributed by atoms with E-state index in [1.165, 1.54) is 11.3 Å². The Morgan fingerprint density at radius 1 is 1.40 bits per heavy atom. The fraction of sp³-hybridized carbons (Fsp3) is 0.222. The van der Waals surface area contributed by atoms with Crippen LogP contribution < -0.4 is 10.1 Å². The summed E-state index contributed by atoms with van der Waals surface area (Å²) >= 11 is 7.22. The molecule has 0 saturated heterocycles. The second kappa shape index (κ2) is 8.18. The first-order valence-electron chi connectivity index (χ1n) is 7.84. The number of aryl methyl sites for hydroxylation is 1. The number of carbonyl (C=O) groups excluding carboxylic acids is 1. The van der Waals surface area contributed by atoms with E-state index in [1.54, 1.807) is 17.1 Å². The van der Waals surface area contributed by atoms with Crippen molar-refractivity contribution >= 4 is 28.8 Å². The maximum Gasteiger partial charge on any atom is 0.261 e. The molecule has 25 heavy (non-hydrogen) atoms. The van der Waals surface area contributed by atoms with Crippen LogP contribution in [-0.4, -0.2) is 22.2 Å². The Bertz CT molecular complexity index is 859. The first-order chi connectivity index (χ1) is 12.1. The number of aromatic nitrogens is 2. The Kier molecular flexibility index (Phi) is 5.73. The minimum absolute atomic E-state index is 0.0922. The lowest BCUT2D eigenvalue weighted by Crippen LogP contribution is -2.26. The number of nitrogens with zero attached hydrogens (tertiary/aromatic N) is 2. The highest BCUT2D eigenvalue weighted by Crippen LogP contribution is 2.20. The number of halogens is 1. The van der Waals surface area contributed by atoms with Crippen molar-refractivity contribution in [3.63, 3.8) is 0 Å². The lowest BCUT2D eigenvalue weighted by Gasteiger charge is -2.07. The van der Waals surface area contributed by atoms with Gasteiger partial charge in [-0.05, 0) is 30.0 Å². The molecule has 0 unspecified atom stereocenters. The van der Waals surface area contributed by atoms with Crippen LogP contribution in [0.15, 0.2) is 48.1 Å². The van der Waals surface area contributed by atoms with Crippen molar-refractivity contribution in [2.75, 3.05) is 6.54 Å². The van der Waals surface area contributed by atoms with Crippen molar-refractivity contribution in [2.45, 2.75) is 20.1 Å².